The van der Waals surface area contributed by atoms with Crippen molar-refractivity contribution >= 4 is 44.6 Å². The number of thiazole rings is 1. The van der Waals surface area contributed by atoms with E-state index in [-0.39, 0.29) is 16.9 Å². The van der Waals surface area contributed by atoms with Crippen LogP contribution in [0.3, 0.4) is 0 Å². The van der Waals surface area contributed by atoms with Gasteiger partial charge in [0.25, 0.3) is 0 Å². The van der Waals surface area contributed by atoms with Gasteiger partial charge in [-0.2, -0.15) is 0 Å². The molecule has 1 N–H and O–H groups in total. The van der Waals surface area contributed by atoms with Gasteiger partial charge in [0, 0.05) is 17.0 Å². The highest BCUT2D eigenvalue weighted by Gasteiger charge is 2.13. The Labute approximate surface area is 172 Å². The molecule has 0 aliphatic heterocycles. The van der Waals surface area contributed by atoms with Gasteiger partial charge in [-0.1, -0.05) is 30.3 Å². The zero-order valence-electron chi connectivity index (χ0n) is 15.2. The number of fused-ring (bicyclic) bond motifs is 2. The van der Waals surface area contributed by atoms with Gasteiger partial charge >= 0.3 is 11.3 Å². The SMILES string of the molecule is O=c1oc2ccccc2cc1-c1csc(/N=C/c2c(O)c3ccccc3oc2=O)n1. The lowest BCUT2D eigenvalue weighted by atomic mass is 10.1. The number of benzene rings is 2. The van der Waals surface area contributed by atoms with Crippen molar-refractivity contribution in [3.05, 3.63) is 86.4 Å². The average molecular weight is 416 g/mol. The molecule has 0 bridgehead atoms. The number of aromatic hydroxyl groups is 1. The van der Waals surface area contributed by atoms with Crippen molar-refractivity contribution in [2.75, 3.05) is 0 Å². The number of para-hydroxylation sites is 2. The zero-order chi connectivity index (χ0) is 20.7. The molecule has 3 aromatic heterocycles. The normalized spacial score (nSPS) is 11.6. The van der Waals surface area contributed by atoms with Gasteiger partial charge in [0.1, 0.15) is 22.5 Å². The average Bonchev–Trinajstić information content (AvgIpc) is 3.22. The topological polar surface area (TPSA) is 106 Å². The first kappa shape index (κ1) is 18.0. The third-order valence-electron chi connectivity index (χ3n) is 4.53. The van der Waals surface area contributed by atoms with Crippen molar-refractivity contribution < 1.29 is 13.9 Å². The highest BCUT2D eigenvalue weighted by molar-refractivity contribution is 7.13. The standard InChI is InChI=1S/C22H12N2O5S/c25-19-13-6-2-4-8-18(13)29-21(27)15(19)10-23-22-24-16(11-30-22)14-9-12-5-1-3-7-17(12)28-20(14)26/h1-11,25H/b23-10+. The van der Waals surface area contributed by atoms with Crippen molar-refractivity contribution in [2.24, 2.45) is 4.99 Å². The number of hydrogen-bond donors (Lipinski definition) is 1. The van der Waals surface area contributed by atoms with Gasteiger partial charge in [-0.05, 0) is 24.3 Å². The van der Waals surface area contributed by atoms with Crippen LogP contribution in [-0.4, -0.2) is 16.3 Å². The molecule has 0 atom stereocenters. The van der Waals surface area contributed by atoms with Crippen molar-refractivity contribution in [2.45, 2.75) is 0 Å². The van der Waals surface area contributed by atoms with E-state index in [1.165, 1.54) is 17.6 Å². The summed E-state index contributed by atoms with van der Waals surface area (Å²) < 4.78 is 10.6. The maximum atomic E-state index is 12.3. The first-order valence-electron chi connectivity index (χ1n) is 8.88. The zero-order valence-corrected chi connectivity index (χ0v) is 16.1. The minimum Gasteiger partial charge on any atom is -0.506 e. The molecule has 0 saturated carbocycles. The Kier molecular flexibility index (Phi) is 4.26. The third kappa shape index (κ3) is 3.09. The van der Waals surface area contributed by atoms with E-state index in [1.54, 1.807) is 47.8 Å². The fourth-order valence-electron chi connectivity index (χ4n) is 3.07. The van der Waals surface area contributed by atoms with Gasteiger partial charge in [-0.3, -0.25) is 0 Å². The van der Waals surface area contributed by atoms with E-state index in [4.69, 9.17) is 8.83 Å². The molecule has 146 valence electrons. The summed E-state index contributed by atoms with van der Waals surface area (Å²) >= 11 is 1.19. The van der Waals surface area contributed by atoms with Crippen molar-refractivity contribution in [3.63, 3.8) is 0 Å². The molecule has 0 fully saturated rings. The molecule has 8 heteroatoms. The molecule has 0 radical (unpaired) electrons. The fraction of sp³-hybridized carbons (Fsp3) is 0. The predicted molar refractivity (Wildman–Crippen MR) is 115 cm³/mol. The Balaban J connectivity index is 1.52. The van der Waals surface area contributed by atoms with E-state index >= 15 is 0 Å². The van der Waals surface area contributed by atoms with Crippen LogP contribution in [0, 0.1) is 0 Å². The molecule has 5 rings (SSSR count). The Morgan fingerprint density at radius 3 is 2.57 bits per heavy atom. The lowest BCUT2D eigenvalue weighted by Crippen LogP contribution is -2.06. The van der Waals surface area contributed by atoms with Gasteiger partial charge in [0.2, 0.25) is 5.13 Å². The molecule has 3 heterocycles. The molecule has 0 spiro atoms. The molecule has 30 heavy (non-hydrogen) atoms. The van der Waals surface area contributed by atoms with E-state index < -0.39 is 11.3 Å². The maximum absolute atomic E-state index is 12.3. The second-order valence-corrected chi connectivity index (χ2v) is 7.24. The molecule has 0 aliphatic rings. The van der Waals surface area contributed by atoms with Gasteiger partial charge in [0.15, 0.2) is 0 Å². The third-order valence-corrected chi connectivity index (χ3v) is 5.28. The van der Waals surface area contributed by atoms with Crippen LogP contribution in [0.15, 0.2) is 83.4 Å². The summed E-state index contributed by atoms with van der Waals surface area (Å²) in [6, 6.07) is 15.6. The van der Waals surface area contributed by atoms with E-state index in [9.17, 15) is 14.7 Å². The second-order valence-electron chi connectivity index (χ2n) is 6.41. The predicted octanol–water partition coefficient (Wildman–Crippen LogP) is 4.48. The quantitative estimate of drug-likeness (QED) is 0.343. The van der Waals surface area contributed by atoms with E-state index in [0.717, 1.165) is 5.39 Å². The largest absolute Gasteiger partial charge is 0.506 e. The van der Waals surface area contributed by atoms with Crippen LogP contribution < -0.4 is 11.3 Å². The summed E-state index contributed by atoms with van der Waals surface area (Å²) in [6.45, 7) is 0. The Morgan fingerprint density at radius 1 is 0.967 bits per heavy atom. The van der Waals surface area contributed by atoms with Crippen molar-refractivity contribution in [3.8, 4) is 17.0 Å². The number of aromatic nitrogens is 1. The lowest BCUT2D eigenvalue weighted by molar-refractivity contribution is 0.466. The Hall–Kier alpha value is -4.04. The van der Waals surface area contributed by atoms with Crippen molar-refractivity contribution in [1.82, 2.24) is 4.98 Å². The van der Waals surface area contributed by atoms with Gasteiger partial charge < -0.3 is 13.9 Å². The smallest absolute Gasteiger partial charge is 0.348 e. The summed E-state index contributed by atoms with van der Waals surface area (Å²) in [6.07, 6.45) is 1.21. The second kappa shape index (κ2) is 7.09. The van der Waals surface area contributed by atoms with Crippen LogP contribution in [0.5, 0.6) is 5.75 Å². The first-order valence-corrected chi connectivity index (χ1v) is 9.76. The molecule has 0 saturated heterocycles. The van der Waals surface area contributed by atoms with Gasteiger partial charge in [0.05, 0.1) is 16.6 Å². The number of nitrogens with zero attached hydrogens (tertiary/aromatic N) is 2. The van der Waals surface area contributed by atoms with Crippen LogP contribution in [-0.2, 0) is 0 Å². The monoisotopic (exact) mass is 416 g/mol. The highest BCUT2D eigenvalue weighted by atomic mass is 32.1. The number of aliphatic imine (C=N–C) groups is 1. The van der Waals surface area contributed by atoms with Gasteiger partial charge in [-0.25, -0.2) is 19.6 Å². The molecular weight excluding hydrogens is 404 g/mol. The van der Waals surface area contributed by atoms with Crippen LogP contribution in [0.2, 0.25) is 0 Å². The molecule has 0 aliphatic carbocycles. The molecule has 0 amide bonds. The minimum atomic E-state index is -0.707. The lowest BCUT2D eigenvalue weighted by Gasteiger charge is -2.01. The van der Waals surface area contributed by atoms with E-state index in [0.29, 0.717) is 27.4 Å². The summed E-state index contributed by atoms with van der Waals surface area (Å²) in [5.41, 5.74) is 0.246. The summed E-state index contributed by atoms with van der Waals surface area (Å²) in [4.78, 5) is 33.0. The maximum Gasteiger partial charge on any atom is 0.348 e. The molecule has 2 aromatic carbocycles. The molecular formula is C22H12N2O5S. The van der Waals surface area contributed by atoms with E-state index in [1.807, 2.05) is 12.1 Å². The minimum absolute atomic E-state index is 0.0735. The Bertz CT molecular complexity index is 1560. The van der Waals surface area contributed by atoms with Crippen LogP contribution in [0.4, 0.5) is 5.13 Å². The van der Waals surface area contributed by atoms with Crippen molar-refractivity contribution in [1.29, 1.82) is 0 Å². The summed E-state index contributed by atoms with van der Waals surface area (Å²) in [5, 5.41) is 13.6. The molecule has 7 nitrogen and oxygen atoms in total. The van der Waals surface area contributed by atoms with Crippen LogP contribution in [0.25, 0.3) is 33.2 Å². The first-order chi connectivity index (χ1) is 14.6. The van der Waals surface area contributed by atoms with E-state index in [2.05, 4.69) is 9.98 Å². The summed E-state index contributed by atoms with van der Waals surface area (Å²) in [5.74, 6) is -0.211. The highest BCUT2D eigenvalue weighted by Crippen LogP contribution is 2.28. The summed E-state index contributed by atoms with van der Waals surface area (Å²) in [7, 11) is 0. The Morgan fingerprint density at radius 2 is 1.70 bits per heavy atom. The number of rotatable bonds is 3. The molecule has 5 aromatic rings. The van der Waals surface area contributed by atoms with Crippen LogP contribution in [0.1, 0.15) is 5.56 Å². The van der Waals surface area contributed by atoms with Crippen LogP contribution >= 0.6 is 11.3 Å². The number of hydrogen-bond acceptors (Lipinski definition) is 8. The fourth-order valence-corrected chi connectivity index (χ4v) is 3.73. The van der Waals surface area contributed by atoms with Gasteiger partial charge in [-0.15, -0.1) is 11.3 Å². The molecule has 0 unspecified atom stereocenters.